The number of β-amino-alcohol motifs (C(OH)–C–C–N with tert-alkyl or cyclic N) is 1. The summed E-state index contributed by atoms with van der Waals surface area (Å²) in [4.78, 5) is 20.8. The van der Waals surface area contributed by atoms with Crippen molar-refractivity contribution in [3.8, 4) is 17.0 Å². The Balaban J connectivity index is 1.17. The van der Waals surface area contributed by atoms with Gasteiger partial charge in [-0.15, -0.1) is 0 Å². The van der Waals surface area contributed by atoms with Crippen LogP contribution in [0.3, 0.4) is 0 Å². The monoisotopic (exact) mass is 531 g/mol. The molecule has 9 heteroatoms. The number of hydrogen-bond donors (Lipinski definition) is 1. The van der Waals surface area contributed by atoms with Crippen LogP contribution < -0.4 is 4.74 Å². The first-order valence-corrected chi connectivity index (χ1v) is 13.7. The molecule has 1 aromatic carbocycles. The lowest BCUT2D eigenvalue weighted by atomic mass is 9.67. The van der Waals surface area contributed by atoms with Crippen LogP contribution in [-0.4, -0.2) is 76.9 Å². The zero-order chi connectivity index (χ0) is 26.8. The van der Waals surface area contributed by atoms with Gasteiger partial charge in [-0.25, -0.2) is 4.98 Å². The molecule has 1 N–H and O–H groups in total. The first kappa shape index (κ1) is 26.9. The van der Waals surface area contributed by atoms with Crippen molar-refractivity contribution in [1.82, 2.24) is 14.8 Å². The van der Waals surface area contributed by atoms with Gasteiger partial charge in [0.05, 0.1) is 11.5 Å². The molecule has 2 aromatic rings. The largest absolute Gasteiger partial charge is 0.476 e. The van der Waals surface area contributed by atoms with Gasteiger partial charge in [0.1, 0.15) is 6.61 Å². The van der Waals surface area contributed by atoms with Gasteiger partial charge in [0.15, 0.2) is 0 Å². The molecule has 0 spiro atoms. The first-order valence-electron chi connectivity index (χ1n) is 13.7. The smallest absolute Gasteiger partial charge is 0.395 e. The number of aliphatic hydroxyl groups excluding tert-OH is 1. The normalized spacial score (nSPS) is 24.1. The number of hydrogen-bond acceptors (Lipinski definition) is 5. The van der Waals surface area contributed by atoms with E-state index in [2.05, 4.69) is 4.98 Å². The number of likely N-dealkylation sites (tertiary alicyclic amines) is 2. The minimum Gasteiger partial charge on any atom is -0.476 e. The average molecular weight is 532 g/mol. The molecule has 3 fully saturated rings. The number of rotatable bonds is 7. The fourth-order valence-electron chi connectivity index (χ4n) is 5.93. The first-order chi connectivity index (χ1) is 18.2. The Hall–Kier alpha value is -2.65. The molecule has 206 valence electrons. The molecule has 0 bridgehead atoms. The zero-order valence-electron chi connectivity index (χ0n) is 21.6. The highest BCUT2D eigenvalue weighted by Crippen LogP contribution is 2.53. The summed E-state index contributed by atoms with van der Waals surface area (Å²) >= 11 is 0. The van der Waals surface area contributed by atoms with Crippen LogP contribution in [0.25, 0.3) is 11.1 Å². The number of aromatic nitrogens is 1. The summed E-state index contributed by atoms with van der Waals surface area (Å²) in [6.45, 7) is 2.09. The van der Waals surface area contributed by atoms with Crippen molar-refractivity contribution in [2.45, 2.75) is 69.7 Å². The summed E-state index contributed by atoms with van der Waals surface area (Å²) in [5.41, 5.74) is 0.816. The van der Waals surface area contributed by atoms with E-state index in [-0.39, 0.29) is 31.3 Å². The van der Waals surface area contributed by atoms with E-state index in [1.807, 2.05) is 23.1 Å². The summed E-state index contributed by atoms with van der Waals surface area (Å²) in [5, 5.41) is 9.85. The minimum absolute atomic E-state index is 0.0452. The van der Waals surface area contributed by atoms with E-state index in [9.17, 15) is 23.1 Å². The topological polar surface area (TPSA) is 65.9 Å². The molecular weight excluding hydrogens is 495 g/mol. The van der Waals surface area contributed by atoms with Crippen molar-refractivity contribution in [3.63, 3.8) is 0 Å². The van der Waals surface area contributed by atoms with Crippen LogP contribution in [0.15, 0.2) is 42.6 Å². The van der Waals surface area contributed by atoms with Gasteiger partial charge in [-0.3, -0.25) is 9.69 Å². The van der Waals surface area contributed by atoms with Crippen LogP contribution in [0, 0.1) is 5.41 Å². The fourth-order valence-corrected chi connectivity index (χ4v) is 5.93. The second-order valence-corrected chi connectivity index (χ2v) is 11.1. The van der Waals surface area contributed by atoms with Gasteiger partial charge in [0.25, 0.3) is 5.91 Å². The van der Waals surface area contributed by atoms with Crippen LogP contribution >= 0.6 is 0 Å². The van der Waals surface area contributed by atoms with Gasteiger partial charge in [-0.05, 0) is 68.8 Å². The van der Waals surface area contributed by atoms with Gasteiger partial charge in [0, 0.05) is 49.1 Å². The maximum Gasteiger partial charge on any atom is 0.395 e. The van der Waals surface area contributed by atoms with Crippen LogP contribution in [0.4, 0.5) is 13.2 Å². The Morgan fingerprint density at radius 2 is 1.76 bits per heavy atom. The van der Waals surface area contributed by atoms with Crippen LogP contribution in [0.1, 0.15) is 61.7 Å². The molecule has 1 unspecified atom stereocenters. The number of pyridine rings is 1. The Bertz CT molecular complexity index is 1090. The minimum atomic E-state index is -4.16. The summed E-state index contributed by atoms with van der Waals surface area (Å²) in [5.74, 6) is 0.372. The number of benzene rings is 1. The number of piperidine rings is 2. The van der Waals surface area contributed by atoms with Crippen molar-refractivity contribution >= 4 is 5.91 Å². The van der Waals surface area contributed by atoms with Crippen LogP contribution in [0.5, 0.6) is 5.88 Å². The number of carbonyl (C=O) groups excluding carboxylic acids is 1. The summed E-state index contributed by atoms with van der Waals surface area (Å²) in [6, 6.07) is 11.0. The predicted octanol–water partition coefficient (Wildman–Crippen LogP) is 5.31. The van der Waals surface area contributed by atoms with Gasteiger partial charge in [-0.1, -0.05) is 25.0 Å². The van der Waals surface area contributed by atoms with E-state index in [1.165, 1.54) is 0 Å². The van der Waals surface area contributed by atoms with Gasteiger partial charge in [-0.2, -0.15) is 13.2 Å². The van der Waals surface area contributed by atoms with E-state index >= 15 is 0 Å². The van der Waals surface area contributed by atoms with E-state index in [4.69, 9.17) is 4.74 Å². The molecule has 5 rings (SSSR count). The lowest BCUT2D eigenvalue weighted by molar-refractivity contribution is -0.258. The third-order valence-corrected chi connectivity index (χ3v) is 8.48. The van der Waals surface area contributed by atoms with E-state index < -0.39 is 17.7 Å². The Labute approximate surface area is 221 Å². The number of nitrogens with zero attached hydrogens (tertiary/aromatic N) is 3. The van der Waals surface area contributed by atoms with E-state index in [1.54, 1.807) is 29.3 Å². The second-order valence-electron chi connectivity index (χ2n) is 11.1. The third-order valence-electron chi connectivity index (χ3n) is 8.48. The van der Waals surface area contributed by atoms with E-state index in [0.717, 1.165) is 43.2 Å². The van der Waals surface area contributed by atoms with Crippen molar-refractivity contribution in [2.24, 2.45) is 5.41 Å². The van der Waals surface area contributed by atoms with Gasteiger partial charge in [0.2, 0.25) is 5.88 Å². The Morgan fingerprint density at radius 1 is 1.00 bits per heavy atom. The van der Waals surface area contributed by atoms with Crippen molar-refractivity contribution in [1.29, 1.82) is 0 Å². The Kier molecular flexibility index (Phi) is 7.95. The van der Waals surface area contributed by atoms with Crippen LogP contribution in [-0.2, 0) is 0 Å². The highest BCUT2D eigenvalue weighted by molar-refractivity contribution is 5.94. The summed E-state index contributed by atoms with van der Waals surface area (Å²) in [7, 11) is 0. The van der Waals surface area contributed by atoms with Crippen molar-refractivity contribution < 1.29 is 27.8 Å². The third kappa shape index (κ3) is 5.83. The molecule has 2 atom stereocenters. The maximum atomic E-state index is 13.7. The molecule has 1 aliphatic carbocycles. The molecule has 3 aliphatic rings. The zero-order valence-corrected chi connectivity index (χ0v) is 21.6. The molecule has 1 amide bonds. The maximum absolute atomic E-state index is 13.7. The highest BCUT2D eigenvalue weighted by atomic mass is 19.4. The lowest BCUT2D eigenvalue weighted by Gasteiger charge is -2.48. The molecule has 2 saturated heterocycles. The van der Waals surface area contributed by atoms with Crippen molar-refractivity contribution in [3.05, 3.63) is 48.2 Å². The Morgan fingerprint density at radius 3 is 2.39 bits per heavy atom. The van der Waals surface area contributed by atoms with E-state index in [0.29, 0.717) is 44.1 Å². The molecule has 38 heavy (non-hydrogen) atoms. The predicted molar refractivity (Wildman–Crippen MR) is 138 cm³/mol. The summed E-state index contributed by atoms with van der Waals surface area (Å²) < 4.78 is 47.1. The van der Waals surface area contributed by atoms with Gasteiger partial charge >= 0.3 is 6.18 Å². The van der Waals surface area contributed by atoms with Crippen molar-refractivity contribution in [2.75, 3.05) is 32.8 Å². The number of alkyl halides is 3. The molecular formula is C29H36F3N3O3. The lowest BCUT2D eigenvalue weighted by Crippen LogP contribution is -2.56. The number of amides is 1. The number of halogens is 3. The standard InChI is InChI=1S/C29H36F3N3O3/c30-29(31,32)28(13-4-14-28)20-35-15-2-1-5-24(35)19-38-26-12-11-23(17-33-26)21-7-9-22(10-8-21)27(37)34-16-3-6-25(36)18-34/h7-12,17,24-25,36H,1-6,13-16,18-20H2/t24-,25?/m0/s1. The number of aliphatic hydroxyl groups is 1. The average Bonchev–Trinajstić information content (AvgIpc) is 2.89. The summed E-state index contributed by atoms with van der Waals surface area (Å²) in [6.07, 6.45) is 2.45. The molecule has 2 aliphatic heterocycles. The van der Waals surface area contributed by atoms with Gasteiger partial charge < -0.3 is 14.7 Å². The second kappa shape index (κ2) is 11.2. The highest BCUT2D eigenvalue weighted by Gasteiger charge is 2.59. The molecule has 1 aromatic heterocycles. The van der Waals surface area contributed by atoms with Crippen LogP contribution in [0.2, 0.25) is 0 Å². The number of ether oxygens (including phenoxy) is 1. The molecule has 1 saturated carbocycles. The molecule has 6 nitrogen and oxygen atoms in total. The SMILES string of the molecule is O=C(c1ccc(-c2ccc(OC[C@@H]3CCCCN3CC3(C(F)(F)F)CCC3)nc2)cc1)N1CCCC(O)C1. The quantitative estimate of drug-likeness (QED) is 0.525. The number of carbonyl (C=O) groups is 1. The molecule has 0 radical (unpaired) electrons. The fraction of sp³-hybridized carbons (Fsp3) is 0.586. The molecule has 3 heterocycles.